The van der Waals surface area contributed by atoms with Crippen LogP contribution in [0.15, 0.2) is 72.8 Å². The van der Waals surface area contributed by atoms with Gasteiger partial charge in [-0.3, -0.25) is 0 Å². The molecule has 3 nitrogen and oxygen atoms in total. The zero-order valence-electron chi connectivity index (χ0n) is 14.8. The molecule has 3 aromatic rings. The number of benzene rings is 3. The van der Waals surface area contributed by atoms with E-state index in [4.69, 9.17) is 9.47 Å². The quantitative estimate of drug-likeness (QED) is 0.750. The Morgan fingerprint density at radius 1 is 0.769 bits per heavy atom. The van der Waals surface area contributed by atoms with E-state index in [0.29, 0.717) is 0 Å². The number of fused-ring (bicyclic) bond motifs is 3. The smallest absolute Gasteiger partial charge is 0.135 e. The Morgan fingerprint density at radius 2 is 1.31 bits per heavy atom. The first-order chi connectivity index (χ1) is 12.7. The molecule has 1 aliphatic carbocycles. The molecule has 1 N–H and O–H groups in total. The average Bonchev–Trinajstić information content (AvgIpc) is 2.95. The Hall–Kier alpha value is -3.04. The normalized spacial score (nSPS) is 14.1. The third-order valence-corrected chi connectivity index (χ3v) is 4.88. The van der Waals surface area contributed by atoms with Crippen LogP contribution < -0.4 is 9.47 Å². The maximum atomic E-state index is 11.6. The summed E-state index contributed by atoms with van der Waals surface area (Å²) in [4.78, 5) is 0. The molecule has 130 valence electrons. The Morgan fingerprint density at radius 3 is 1.81 bits per heavy atom. The molecule has 0 amide bonds. The van der Waals surface area contributed by atoms with Crippen LogP contribution in [-0.2, 0) is 5.60 Å². The molecule has 1 aliphatic rings. The fourth-order valence-electron chi connectivity index (χ4n) is 3.52. The highest BCUT2D eigenvalue weighted by atomic mass is 16.5. The van der Waals surface area contributed by atoms with Gasteiger partial charge in [-0.05, 0) is 47.0 Å². The molecule has 26 heavy (non-hydrogen) atoms. The van der Waals surface area contributed by atoms with Crippen LogP contribution in [0.1, 0.15) is 16.7 Å². The SMILES string of the molecule is COc1ccc2c(c1)-c1cc(OC)ccc1C2(O)/C=C/c1ccccc1. The second kappa shape index (κ2) is 6.36. The number of aliphatic hydroxyl groups is 1. The van der Waals surface area contributed by atoms with E-state index in [1.807, 2.05) is 78.9 Å². The fourth-order valence-corrected chi connectivity index (χ4v) is 3.52. The lowest BCUT2D eigenvalue weighted by Crippen LogP contribution is -2.21. The van der Waals surface area contributed by atoms with Gasteiger partial charge in [-0.25, -0.2) is 0 Å². The van der Waals surface area contributed by atoms with Crippen molar-refractivity contribution in [3.05, 3.63) is 89.5 Å². The van der Waals surface area contributed by atoms with E-state index in [1.54, 1.807) is 14.2 Å². The molecular weight excluding hydrogens is 324 g/mol. The van der Waals surface area contributed by atoms with Gasteiger partial charge in [0.25, 0.3) is 0 Å². The van der Waals surface area contributed by atoms with Gasteiger partial charge < -0.3 is 14.6 Å². The number of hydrogen-bond donors (Lipinski definition) is 1. The molecule has 0 atom stereocenters. The second-order valence-electron chi connectivity index (χ2n) is 6.33. The Balaban J connectivity index is 1.90. The van der Waals surface area contributed by atoms with E-state index < -0.39 is 5.60 Å². The lowest BCUT2D eigenvalue weighted by molar-refractivity contribution is 0.140. The Bertz CT molecular complexity index is 920. The van der Waals surface area contributed by atoms with Crippen molar-refractivity contribution in [2.24, 2.45) is 0 Å². The number of hydrogen-bond acceptors (Lipinski definition) is 3. The molecule has 4 rings (SSSR count). The van der Waals surface area contributed by atoms with Gasteiger partial charge in [0.2, 0.25) is 0 Å². The molecule has 0 spiro atoms. The summed E-state index contributed by atoms with van der Waals surface area (Å²) < 4.78 is 10.8. The van der Waals surface area contributed by atoms with Gasteiger partial charge in [0.15, 0.2) is 0 Å². The molecule has 0 unspecified atom stereocenters. The second-order valence-corrected chi connectivity index (χ2v) is 6.33. The highest BCUT2D eigenvalue weighted by Gasteiger charge is 2.40. The zero-order valence-corrected chi connectivity index (χ0v) is 14.8. The maximum absolute atomic E-state index is 11.6. The zero-order chi connectivity index (χ0) is 18.1. The molecule has 0 aliphatic heterocycles. The van der Waals surface area contributed by atoms with Crippen LogP contribution in [0.25, 0.3) is 17.2 Å². The molecular formula is C23H20O3. The minimum Gasteiger partial charge on any atom is -0.497 e. The van der Waals surface area contributed by atoms with E-state index in [2.05, 4.69) is 0 Å². The largest absolute Gasteiger partial charge is 0.497 e. The summed E-state index contributed by atoms with van der Waals surface area (Å²) in [6.07, 6.45) is 3.80. The maximum Gasteiger partial charge on any atom is 0.135 e. The van der Waals surface area contributed by atoms with Gasteiger partial charge in [-0.2, -0.15) is 0 Å². The van der Waals surface area contributed by atoms with Crippen LogP contribution in [0, 0.1) is 0 Å². The average molecular weight is 344 g/mol. The van der Waals surface area contributed by atoms with Gasteiger partial charge >= 0.3 is 0 Å². The van der Waals surface area contributed by atoms with Crippen molar-refractivity contribution in [3.8, 4) is 22.6 Å². The Kier molecular flexibility index (Phi) is 4.02. The van der Waals surface area contributed by atoms with E-state index in [-0.39, 0.29) is 0 Å². The molecule has 3 heteroatoms. The number of ether oxygens (including phenoxy) is 2. The van der Waals surface area contributed by atoms with E-state index in [1.165, 1.54) is 0 Å². The summed E-state index contributed by atoms with van der Waals surface area (Å²) in [5.74, 6) is 1.52. The highest BCUT2D eigenvalue weighted by molar-refractivity contribution is 5.83. The minimum atomic E-state index is -1.20. The lowest BCUT2D eigenvalue weighted by Gasteiger charge is -2.22. The van der Waals surface area contributed by atoms with Gasteiger partial charge in [0, 0.05) is 11.1 Å². The van der Waals surface area contributed by atoms with Crippen molar-refractivity contribution in [1.29, 1.82) is 0 Å². The van der Waals surface area contributed by atoms with E-state index >= 15 is 0 Å². The van der Waals surface area contributed by atoms with Crippen LogP contribution in [0.5, 0.6) is 11.5 Å². The summed E-state index contributed by atoms with van der Waals surface area (Å²) in [6.45, 7) is 0. The summed E-state index contributed by atoms with van der Waals surface area (Å²) in [7, 11) is 3.29. The standard InChI is InChI=1S/C23H20O3/c1-25-17-8-10-21-19(14-17)20-15-18(26-2)9-11-22(20)23(21,24)13-12-16-6-4-3-5-7-16/h3-15,24H,1-2H3/b13-12+. The molecule has 3 aromatic carbocycles. The summed E-state index contributed by atoms with van der Waals surface area (Å²) in [5.41, 5.74) is 3.44. The molecule has 0 saturated carbocycles. The Labute approximate surface area is 153 Å². The lowest BCUT2D eigenvalue weighted by atomic mass is 9.90. The number of methoxy groups -OCH3 is 2. The van der Waals surface area contributed by atoms with Crippen LogP contribution in [0.2, 0.25) is 0 Å². The molecule has 0 bridgehead atoms. The molecule has 0 fully saturated rings. The number of rotatable bonds is 4. The van der Waals surface area contributed by atoms with E-state index in [9.17, 15) is 5.11 Å². The molecule has 0 radical (unpaired) electrons. The topological polar surface area (TPSA) is 38.7 Å². The summed E-state index contributed by atoms with van der Waals surface area (Å²) in [5, 5.41) is 11.6. The van der Waals surface area contributed by atoms with E-state index in [0.717, 1.165) is 39.3 Å². The molecule has 0 saturated heterocycles. The predicted octanol–water partition coefficient (Wildman–Crippen LogP) is 4.63. The predicted molar refractivity (Wildman–Crippen MR) is 103 cm³/mol. The van der Waals surface area contributed by atoms with Crippen LogP contribution in [-0.4, -0.2) is 19.3 Å². The van der Waals surface area contributed by atoms with Gasteiger partial charge in [-0.15, -0.1) is 0 Å². The highest BCUT2D eigenvalue weighted by Crippen LogP contribution is 2.50. The van der Waals surface area contributed by atoms with Crippen molar-refractivity contribution in [1.82, 2.24) is 0 Å². The van der Waals surface area contributed by atoms with Crippen LogP contribution in [0.4, 0.5) is 0 Å². The minimum absolute atomic E-state index is 0.758. The van der Waals surface area contributed by atoms with Gasteiger partial charge in [0.05, 0.1) is 14.2 Å². The van der Waals surface area contributed by atoms with Crippen molar-refractivity contribution >= 4 is 6.08 Å². The third-order valence-electron chi connectivity index (χ3n) is 4.88. The van der Waals surface area contributed by atoms with Crippen molar-refractivity contribution < 1.29 is 14.6 Å². The van der Waals surface area contributed by atoms with Crippen molar-refractivity contribution in [2.75, 3.05) is 14.2 Å². The van der Waals surface area contributed by atoms with Gasteiger partial charge in [-0.1, -0.05) is 48.5 Å². The fraction of sp³-hybridized carbons (Fsp3) is 0.130. The molecule has 0 heterocycles. The molecule has 0 aromatic heterocycles. The van der Waals surface area contributed by atoms with Crippen LogP contribution in [0.3, 0.4) is 0 Å². The van der Waals surface area contributed by atoms with Gasteiger partial charge in [0.1, 0.15) is 17.1 Å². The van der Waals surface area contributed by atoms with Crippen molar-refractivity contribution in [2.45, 2.75) is 5.60 Å². The first-order valence-electron chi connectivity index (χ1n) is 8.50. The first kappa shape index (κ1) is 16.4. The monoisotopic (exact) mass is 344 g/mol. The summed E-state index contributed by atoms with van der Waals surface area (Å²) in [6, 6.07) is 21.5. The van der Waals surface area contributed by atoms with Crippen molar-refractivity contribution in [3.63, 3.8) is 0 Å². The third kappa shape index (κ3) is 2.57. The summed E-state index contributed by atoms with van der Waals surface area (Å²) >= 11 is 0. The first-order valence-corrected chi connectivity index (χ1v) is 8.50. The van der Waals surface area contributed by atoms with Crippen LogP contribution >= 0.6 is 0 Å².